The number of carbonyl (C=O) groups is 1. The molecule has 2 atom stereocenters. The Morgan fingerprint density at radius 1 is 1.19 bits per heavy atom. The molecule has 2 heterocycles. The monoisotopic (exact) mass is 468 g/mol. The number of hydrogen-bond acceptors (Lipinski definition) is 7. The Balaban J connectivity index is 1.54. The average Bonchev–Trinajstić information content (AvgIpc) is 3.36. The molecular weight excluding hydrogens is 452 g/mol. The third-order valence-electron chi connectivity index (χ3n) is 4.87. The lowest BCUT2D eigenvalue weighted by atomic mass is 9.93. The number of anilines is 1. The first kappa shape index (κ1) is 21.9. The average molecular weight is 468 g/mol. The molecule has 0 radical (unpaired) electrons. The molecule has 2 N–H and O–H groups in total. The molecule has 0 saturated carbocycles. The first-order valence-corrected chi connectivity index (χ1v) is 10.2. The van der Waals surface area contributed by atoms with E-state index in [0.29, 0.717) is 22.2 Å². The number of alkyl halides is 2. The number of halogens is 4. The Morgan fingerprint density at radius 2 is 1.88 bits per heavy atom. The molecule has 1 unspecified atom stereocenters. The molecule has 0 spiro atoms. The topological polar surface area (TPSA) is 89.3 Å². The zero-order valence-corrected chi connectivity index (χ0v) is 17.3. The van der Waals surface area contributed by atoms with Crippen LogP contribution in [0.4, 0.5) is 23.6 Å². The van der Waals surface area contributed by atoms with Crippen molar-refractivity contribution in [1.82, 2.24) is 15.5 Å². The molecule has 7 nitrogen and oxygen atoms in total. The molecule has 1 saturated heterocycles. The summed E-state index contributed by atoms with van der Waals surface area (Å²) < 4.78 is 64.3. The number of nitrogens with zero attached hydrogens (tertiary/aromatic N) is 2. The number of carbonyl (C=O) groups excluding carboxylic acids is 1. The predicted molar refractivity (Wildman–Crippen MR) is 108 cm³/mol. The fourth-order valence-corrected chi connectivity index (χ4v) is 3.90. The molecule has 1 aromatic heterocycles. The SMILES string of the molecule is COc1cc(F)c(C2CNC(=O)[C@@H]2Nc2nnc(-c3ccc(SC(F)F)cc3)o2)c(F)c1. The Labute approximate surface area is 183 Å². The Kier molecular flexibility index (Phi) is 6.21. The number of thioether (sulfide) groups is 1. The standard InChI is InChI=1S/C20H16F4N4O3S/c1-30-10-6-13(21)15(14(22)7-10)12-8-25-17(29)16(12)26-20-28-27-18(31-20)9-2-4-11(5-3-9)32-19(23)24/h2-7,12,16,19H,8H2,1H3,(H,25,29)(H,26,28)/t12?,16-/m1/s1. The van der Waals surface area contributed by atoms with E-state index in [2.05, 4.69) is 20.8 Å². The molecule has 168 valence electrons. The highest BCUT2D eigenvalue weighted by Crippen LogP contribution is 2.33. The van der Waals surface area contributed by atoms with Crippen LogP contribution in [0.5, 0.6) is 5.75 Å². The van der Waals surface area contributed by atoms with Crippen LogP contribution < -0.4 is 15.4 Å². The second-order valence-electron chi connectivity index (χ2n) is 6.79. The van der Waals surface area contributed by atoms with Gasteiger partial charge >= 0.3 is 6.01 Å². The Hall–Kier alpha value is -3.28. The van der Waals surface area contributed by atoms with E-state index >= 15 is 0 Å². The van der Waals surface area contributed by atoms with E-state index in [4.69, 9.17) is 9.15 Å². The van der Waals surface area contributed by atoms with Crippen LogP contribution in [0.1, 0.15) is 11.5 Å². The van der Waals surface area contributed by atoms with Crippen molar-refractivity contribution in [3.63, 3.8) is 0 Å². The van der Waals surface area contributed by atoms with Crippen LogP contribution in [0.25, 0.3) is 11.5 Å². The Bertz CT molecular complexity index is 1100. The molecule has 2 aromatic carbocycles. The highest BCUT2D eigenvalue weighted by Gasteiger charge is 2.40. The summed E-state index contributed by atoms with van der Waals surface area (Å²) in [6, 6.07) is 6.93. The first-order chi connectivity index (χ1) is 15.4. The van der Waals surface area contributed by atoms with Crippen LogP contribution in [0.15, 0.2) is 45.7 Å². The lowest BCUT2D eigenvalue weighted by Gasteiger charge is -2.19. The molecule has 1 aliphatic rings. The van der Waals surface area contributed by atoms with E-state index in [1.54, 1.807) is 0 Å². The lowest BCUT2D eigenvalue weighted by Crippen LogP contribution is -2.33. The van der Waals surface area contributed by atoms with Gasteiger partial charge in [0.1, 0.15) is 23.4 Å². The molecule has 1 aliphatic heterocycles. The van der Waals surface area contributed by atoms with Crippen molar-refractivity contribution in [3.05, 3.63) is 53.6 Å². The van der Waals surface area contributed by atoms with Gasteiger partial charge in [0.2, 0.25) is 11.8 Å². The number of methoxy groups -OCH3 is 1. The third kappa shape index (κ3) is 4.49. The highest BCUT2D eigenvalue weighted by molar-refractivity contribution is 7.99. The maximum absolute atomic E-state index is 14.5. The van der Waals surface area contributed by atoms with Gasteiger partial charge < -0.3 is 19.8 Å². The van der Waals surface area contributed by atoms with E-state index in [-0.39, 0.29) is 29.8 Å². The smallest absolute Gasteiger partial charge is 0.316 e. The van der Waals surface area contributed by atoms with Crippen LogP contribution in [-0.2, 0) is 4.79 Å². The summed E-state index contributed by atoms with van der Waals surface area (Å²) in [6.45, 7) is 0.000921. The molecule has 1 fully saturated rings. The van der Waals surface area contributed by atoms with Gasteiger partial charge in [-0.2, -0.15) is 8.78 Å². The maximum Gasteiger partial charge on any atom is 0.316 e. The summed E-state index contributed by atoms with van der Waals surface area (Å²) >= 11 is 0.406. The minimum atomic E-state index is -2.54. The number of aromatic nitrogens is 2. The molecule has 32 heavy (non-hydrogen) atoms. The number of amides is 1. The quantitative estimate of drug-likeness (QED) is 0.400. The largest absolute Gasteiger partial charge is 0.497 e. The molecule has 0 bridgehead atoms. The van der Waals surface area contributed by atoms with Gasteiger partial charge in [0, 0.05) is 40.6 Å². The van der Waals surface area contributed by atoms with Crippen molar-refractivity contribution in [2.75, 3.05) is 19.0 Å². The van der Waals surface area contributed by atoms with Gasteiger partial charge in [-0.05, 0) is 24.3 Å². The number of nitrogens with one attached hydrogen (secondary N) is 2. The predicted octanol–water partition coefficient (Wildman–Crippen LogP) is 4.03. The van der Waals surface area contributed by atoms with E-state index in [0.717, 1.165) is 12.1 Å². The van der Waals surface area contributed by atoms with Crippen LogP contribution in [-0.4, -0.2) is 41.6 Å². The molecule has 0 aliphatic carbocycles. The van der Waals surface area contributed by atoms with E-state index in [1.165, 1.54) is 31.4 Å². The second-order valence-corrected chi connectivity index (χ2v) is 7.86. The number of benzene rings is 2. The third-order valence-corrected chi connectivity index (χ3v) is 5.59. The summed E-state index contributed by atoms with van der Waals surface area (Å²) in [5.74, 6) is -5.49. The zero-order valence-electron chi connectivity index (χ0n) is 16.4. The molecular formula is C20H16F4N4O3S. The maximum atomic E-state index is 14.5. The molecule has 3 aromatic rings. The van der Waals surface area contributed by atoms with Crippen LogP contribution >= 0.6 is 11.8 Å². The van der Waals surface area contributed by atoms with E-state index in [1.807, 2.05) is 0 Å². The van der Waals surface area contributed by atoms with Crippen molar-refractivity contribution in [3.8, 4) is 17.2 Å². The summed E-state index contributed by atoms with van der Waals surface area (Å²) in [6.07, 6.45) is 0. The fourth-order valence-electron chi connectivity index (χ4n) is 3.40. The van der Waals surface area contributed by atoms with Crippen molar-refractivity contribution in [2.45, 2.75) is 22.6 Å². The summed E-state index contributed by atoms with van der Waals surface area (Å²) in [5, 5.41) is 13.0. The molecule has 1 amide bonds. The number of rotatable bonds is 7. The van der Waals surface area contributed by atoms with Gasteiger partial charge in [-0.25, -0.2) is 8.78 Å². The van der Waals surface area contributed by atoms with E-state index in [9.17, 15) is 22.4 Å². The van der Waals surface area contributed by atoms with Gasteiger partial charge in [-0.1, -0.05) is 16.9 Å². The fraction of sp³-hybridized carbons (Fsp3) is 0.250. The van der Waals surface area contributed by atoms with Crippen LogP contribution in [0.2, 0.25) is 0 Å². The number of hydrogen-bond donors (Lipinski definition) is 2. The normalized spacial score (nSPS) is 18.1. The van der Waals surface area contributed by atoms with Gasteiger partial charge in [0.05, 0.1) is 7.11 Å². The second kappa shape index (κ2) is 9.07. The summed E-state index contributed by atoms with van der Waals surface area (Å²) in [7, 11) is 1.29. The zero-order chi connectivity index (χ0) is 22.8. The lowest BCUT2D eigenvalue weighted by molar-refractivity contribution is -0.119. The van der Waals surface area contributed by atoms with Crippen LogP contribution in [0, 0.1) is 11.6 Å². The Morgan fingerprint density at radius 3 is 2.50 bits per heavy atom. The van der Waals surface area contributed by atoms with Gasteiger partial charge in [-0.3, -0.25) is 4.79 Å². The van der Waals surface area contributed by atoms with Gasteiger partial charge in [0.15, 0.2) is 0 Å². The minimum absolute atomic E-state index is 0.000921. The van der Waals surface area contributed by atoms with Crippen molar-refractivity contribution < 1.29 is 31.5 Å². The highest BCUT2D eigenvalue weighted by atomic mass is 32.2. The van der Waals surface area contributed by atoms with Gasteiger partial charge in [0.25, 0.3) is 5.76 Å². The van der Waals surface area contributed by atoms with Crippen molar-refractivity contribution >= 4 is 23.7 Å². The van der Waals surface area contributed by atoms with Crippen LogP contribution in [0.3, 0.4) is 0 Å². The number of ether oxygens (including phenoxy) is 1. The summed E-state index contributed by atoms with van der Waals surface area (Å²) in [4.78, 5) is 12.7. The summed E-state index contributed by atoms with van der Waals surface area (Å²) in [5.41, 5.74) is 0.206. The van der Waals surface area contributed by atoms with Crippen molar-refractivity contribution in [1.29, 1.82) is 0 Å². The van der Waals surface area contributed by atoms with Gasteiger partial charge in [-0.15, -0.1) is 5.10 Å². The first-order valence-electron chi connectivity index (χ1n) is 9.31. The molecule has 4 rings (SSSR count). The molecule has 12 heteroatoms. The van der Waals surface area contributed by atoms with E-state index < -0.39 is 35.3 Å². The minimum Gasteiger partial charge on any atom is -0.497 e. The van der Waals surface area contributed by atoms with Crippen molar-refractivity contribution in [2.24, 2.45) is 0 Å².